The molecule has 0 fully saturated rings. The first-order valence-electron chi connectivity index (χ1n) is 10.8. The van der Waals surface area contributed by atoms with Crippen LogP contribution in [0.25, 0.3) is 0 Å². The Morgan fingerprint density at radius 1 is 0.909 bits per heavy atom. The molecule has 0 aliphatic heterocycles. The molecule has 168 valence electrons. The maximum atomic E-state index is 13.3. The van der Waals surface area contributed by atoms with Crippen LogP contribution >= 0.6 is 0 Å². The number of hydrogen-bond acceptors (Lipinski definition) is 4. The number of amides is 1. The van der Waals surface area contributed by atoms with Crippen LogP contribution in [0, 0.1) is 12.7 Å². The highest BCUT2D eigenvalue weighted by Gasteiger charge is 2.16. The number of aryl methyl sites for hydroxylation is 1. The molecule has 1 amide bonds. The second-order valence-electron chi connectivity index (χ2n) is 8.06. The number of oxazole rings is 1. The Morgan fingerprint density at radius 2 is 1.64 bits per heavy atom. The van der Waals surface area contributed by atoms with Gasteiger partial charge in [0.1, 0.15) is 12.1 Å². The molecule has 1 heterocycles. The highest BCUT2D eigenvalue weighted by atomic mass is 19.1. The van der Waals surface area contributed by atoms with Crippen molar-refractivity contribution < 1.29 is 13.6 Å². The molecule has 0 unspecified atom stereocenters. The van der Waals surface area contributed by atoms with E-state index in [2.05, 4.69) is 40.3 Å². The molecule has 3 aromatic carbocycles. The summed E-state index contributed by atoms with van der Waals surface area (Å²) in [5.41, 5.74) is 4.58. The fourth-order valence-electron chi connectivity index (χ4n) is 3.63. The fourth-order valence-corrected chi connectivity index (χ4v) is 3.63. The smallest absolute Gasteiger partial charge is 0.273 e. The van der Waals surface area contributed by atoms with Crippen LogP contribution in [0.3, 0.4) is 0 Å². The molecular weight excluding hydrogens is 417 g/mol. The Morgan fingerprint density at radius 3 is 2.39 bits per heavy atom. The summed E-state index contributed by atoms with van der Waals surface area (Å²) in [5, 5.41) is 2.86. The van der Waals surface area contributed by atoms with Gasteiger partial charge >= 0.3 is 0 Å². The minimum atomic E-state index is -0.280. The molecule has 1 N–H and O–H groups in total. The number of hydrogen-bond donors (Lipinski definition) is 1. The molecule has 6 heteroatoms. The van der Waals surface area contributed by atoms with Crippen LogP contribution in [-0.2, 0) is 26.2 Å². The van der Waals surface area contributed by atoms with Crippen LogP contribution in [0.2, 0.25) is 0 Å². The summed E-state index contributed by atoms with van der Waals surface area (Å²) in [7, 11) is 0. The van der Waals surface area contributed by atoms with Crippen molar-refractivity contribution >= 4 is 5.91 Å². The molecule has 5 nitrogen and oxygen atoms in total. The van der Waals surface area contributed by atoms with Crippen molar-refractivity contribution in [3.05, 3.63) is 125 Å². The van der Waals surface area contributed by atoms with Crippen molar-refractivity contribution in [2.45, 2.75) is 33.1 Å². The number of carbonyl (C=O) groups is 1. The lowest BCUT2D eigenvalue weighted by Crippen LogP contribution is -2.24. The Kier molecular flexibility index (Phi) is 7.27. The topological polar surface area (TPSA) is 58.4 Å². The van der Waals surface area contributed by atoms with Gasteiger partial charge in [-0.25, -0.2) is 9.37 Å². The van der Waals surface area contributed by atoms with E-state index < -0.39 is 0 Å². The Hall–Kier alpha value is -3.77. The molecule has 33 heavy (non-hydrogen) atoms. The fraction of sp³-hybridized carbons (Fsp3) is 0.185. The number of nitrogens with zero attached hydrogens (tertiary/aromatic N) is 2. The van der Waals surface area contributed by atoms with Crippen LogP contribution in [0.5, 0.6) is 0 Å². The number of halogens is 1. The average Bonchev–Trinajstić information content (AvgIpc) is 3.28. The number of benzene rings is 3. The Bertz CT molecular complexity index is 1190. The number of carbonyl (C=O) groups excluding carboxylic acids is 1. The highest BCUT2D eigenvalue weighted by Crippen LogP contribution is 2.16. The second kappa shape index (κ2) is 10.7. The van der Waals surface area contributed by atoms with Crippen molar-refractivity contribution in [2.75, 3.05) is 0 Å². The standard InChI is InChI=1S/C27H26FN3O2/c1-20-6-5-9-23(14-20)17-31(16-22-10-12-24(28)13-11-22)18-26-30-25(19-33-26)27(32)29-15-21-7-3-2-4-8-21/h2-14,19H,15-18H2,1H3,(H,29,32). The molecule has 0 radical (unpaired) electrons. The van der Waals surface area contributed by atoms with Crippen molar-refractivity contribution in [3.63, 3.8) is 0 Å². The van der Waals surface area contributed by atoms with Crippen LogP contribution in [-0.4, -0.2) is 15.8 Å². The minimum absolute atomic E-state index is 0.248. The lowest BCUT2D eigenvalue weighted by atomic mass is 10.1. The van der Waals surface area contributed by atoms with Crippen molar-refractivity contribution in [1.82, 2.24) is 15.2 Å². The van der Waals surface area contributed by atoms with Crippen LogP contribution < -0.4 is 5.32 Å². The molecule has 0 saturated heterocycles. The van der Waals surface area contributed by atoms with E-state index in [0.717, 1.165) is 16.7 Å². The number of nitrogens with one attached hydrogen (secondary N) is 1. The predicted molar refractivity (Wildman–Crippen MR) is 125 cm³/mol. The molecular formula is C27H26FN3O2. The van der Waals surface area contributed by atoms with Gasteiger partial charge in [0.15, 0.2) is 5.69 Å². The number of aromatic nitrogens is 1. The third-order valence-corrected chi connectivity index (χ3v) is 5.25. The SMILES string of the molecule is Cc1cccc(CN(Cc2ccc(F)cc2)Cc2nc(C(=O)NCc3ccccc3)co2)c1. The Labute approximate surface area is 192 Å². The third kappa shape index (κ3) is 6.60. The molecule has 4 aromatic rings. The third-order valence-electron chi connectivity index (χ3n) is 5.25. The summed E-state index contributed by atoms with van der Waals surface area (Å²) < 4.78 is 18.9. The maximum Gasteiger partial charge on any atom is 0.273 e. The summed E-state index contributed by atoms with van der Waals surface area (Å²) in [5.74, 6) is -0.0879. The molecule has 0 aliphatic carbocycles. The zero-order valence-electron chi connectivity index (χ0n) is 18.5. The summed E-state index contributed by atoms with van der Waals surface area (Å²) in [6, 6.07) is 24.5. The first kappa shape index (κ1) is 22.4. The molecule has 0 spiro atoms. The average molecular weight is 444 g/mol. The largest absolute Gasteiger partial charge is 0.447 e. The van der Waals surface area contributed by atoms with Crippen molar-refractivity contribution in [1.29, 1.82) is 0 Å². The lowest BCUT2D eigenvalue weighted by molar-refractivity contribution is 0.0945. The van der Waals surface area contributed by atoms with E-state index >= 15 is 0 Å². The van der Waals surface area contributed by atoms with Gasteiger partial charge in [-0.05, 0) is 35.7 Å². The van der Waals surface area contributed by atoms with Crippen LogP contribution in [0.1, 0.15) is 38.6 Å². The van der Waals surface area contributed by atoms with Gasteiger partial charge in [0, 0.05) is 19.6 Å². The zero-order valence-corrected chi connectivity index (χ0v) is 18.5. The summed E-state index contributed by atoms with van der Waals surface area (Å²) in [6.45, 7) is 4.15. The van der Waals surface area contributed by atoms with Crippen molar-refractivity contribution in [2.24, 2.45) is 0 Å². The molecule has 0 aliphatic rings. The van der Waals surface area contributed by atoms with Gasteiger partial charge in [-0.3, -0.25) is 9.69 Å². The van der Waals surface area contributed by atoms with Gasteiger partial charge in [0.2, 0.25) is 5.89 Å². The van der Waals surface area contributed by atoms with E-state index in [1.54, 1.807) is 12.1 Å². The summed E-state index contributed by atoms with van der Waals surface area (Å²) >= 11 is 0. The van der Waals surface area contributed by atoms with E-state index in [9.17, 15) is 9.18 Å². The van der Waals surface area contributed by atoms with Crippen LogP contribution in [0.15, 0.2) is 89.5 Å². The minimum Gasteiger partial charge on any atom is -0.447 e. The Balaban J connectivity index is 1.44. The monoisotopic (exact) mass is 443 g/mol. The van der Waals surface area contributed by atoms with E-state index in [1.165, 1.54) is 24.0 Å². The maximum absolute atomic E-state index is 13.3. The van der Waals surface area contributed by atoms with Gasteiger partial charge in [0.05, 0.1) is 6.54 Å². The van der Waals surface area contributed by atoms with Gasteiger partial charge < -0.3 is 9.73 Å². The zero-order chi connectivity index (χ0) is 23.0. The first-order valence-corrected chi connectivity index (χ1v) is 10.8. The van der Waals surface area contributed by atoms with Gasteiger partial charge in [-0.15, -0.1) is 0 Å². The van der Waals surface area contributed by atoms with E-state index in [-0.39, 0.29) is 17.4 Å². The molecule has 4 rings (SSSR count). The number of rotatable bonds is 9. The first-order chi connectivity index (χ1) is 16.0. The summed E-state index contributed by atoms with van der Waals surface area (Å²) in [6.07, 6.45) is 1.39. The molecule has 0 bridgehead atoms. The summed E-state index contributed by atoms with van der Waals surface area (Å²) in [4.78, 5) is 19.0. The van der Waals surface area contributed by atoms with Gasteiger partial charge in [-0.1, -0.05) is 72.3 Å². The van der Waals surface area contributed by atoms with Crippen LogP contribution in [0.4, 0.5) is 4.39 Å². The second-order valence-corrected chi connectivity index (χ2v) is 8.06. The molecule has 0 atom stereocenters. The molecule has 0 saturated carbocycles. The van der Waals surface area contributed by atoms with Crippen molar-refractivity contribution in [3.8, 4) is 0 Å². The lowest BCUT2D eigenvalue weighted by Gasteiger charge is -2.21. The van der Waals surface area contributed by atoms with E-state index in [1.807, 2.05) is 36.4 Å². The van der Waals surface area contributed by atoms with E-state index in [4.69, 9.17) is 4.42 Å². The van der Waals surface area contributed by atoms with Gasteiger partial charge in [0.25, 0.3) is 5.91 Å². The van der Waals surface area contributed by atoms with E-state index in [0.29, 0.717) is 32.1 Å². The van der Waals surface area contributed by atoms with Gasteiger partial charge in [-0.2, -0.15) is 0 Å². The quantitative estimate of drug-likeness (QED) is 0.384. The highest BCUT2D eigenvalue weighted by molar-refractivity contribution is 5.91. The molecule has 1 aromatic heterocycles. The predicted octanol–water partition coefficient (Wildman–Crippen LogP) is 5.25. The normalized spacial score (nSPS) is 11.0.